The van der Waals surface area contributed by atoms with Crippen molar-refractivity contribution in [3.05, 3.63) is 53.6 Å². The van der Waals surface area contributed by atoms with E-state index in [0.29, 0.717) is 17.9 Å². The van der Waals surface area contributed by atoms with Gasteiger partial charge in [-0.15, -0.1) is 5.10 Å². The molecule has 0 aliphatic heterocycles. The maximum absolute atomic E-state index is 12.5. The van der Waals surface area contributed by atoms with E-state index in [2.05, 4.69) is 15.2 Å². The Bertz CT molecular complexity index is 681. The highest BCUT2D eigenvalue weighted by molar-refractivity contribution is 5.78. The lowest BCUT2D eigenvalue weighted by atomic mass is 10.1. The number of hydrogen-bond acceptors (Lipinski definition) is 3. The van der Waals surface area contributed by atoms with Crippen LogP contribution in [0.2, 0.25) is 0 Å². The summed E-state index contributed by atoms with van der Waals surface area (Å²) in [5.74, 6) is 0.294. The summed E-state index contributed by atoms with van der Waals surface area (Å²) in [5.41, 5.74) is 10.3. The lowest BCUT2D eigenvalue weighted by Gasteiger charge is -2.08. The summed E-state index contributed by atoms with van der Waals surface area (Å²) in [6.45, 7) is 0.349. The van der Waals surface area contributed by atoms with Gasteiger partial charge in [0.2, 0.25) is 5.96 Å². The highest BCUT2D eigenvalue weighted by Crippen LogP contribution is 2.29. The van der Waals surface area contributed by atoms with Gasteiger partial charge in [-0.3, -0.25) is 0 Å². The van der Waals surface area contributed by atoms with Crippen LogP contribution in [-0.2, 0) is 12.7 Å². The Balaban J connectivity index is 2.13. The van der Waals surface area contributed by atoms with Crippen LogP contribution in [0.25, 0.3) is 0 Å². The summed E-state index contributed by atoms with van der Waals surface area (Å²) in [7, 11) is 0. The Morgan fingerprint density at radius 3 is 2.50 bits per heavy atom. The molecule has 0 radical (unpaired) electrons. The van der Waals surface area contributed by atoms with Gasteiger partial charge in [0.25, 0.3) is 0 Å². The maximum Gasteiger partial charge on any atom is 0.416 e. The predicted molar refractivity (Wildman–Crippen MR) is 76.2 cm³/mol. The zero-order valence-corrected chi connectivity index (χ0v) is 11.3. The van der Waals surface area contributed by atoms with E-state index in [1.807, 2.05) is 0 Å². The van der Waals surface area contributed by atoms with Crippen LogP contribution in [0.15, 0.2) is 46.9 Å². The molecule has 0 saturated heterocycles. The minimum Gasteiger partial charge on any atom is -0.369 e. The van der Waals surface area contributed by atoms with Crippen LogP contribution in [0.3, 0.4) is 0 Å². The minimum atomic E-state index is -4.34. The van der Waals surface area contributed by atoms with Crippen molar-refractivity contribution in [1.29, 1.82) is 0 Å². The molecule has 9 heteroatoms. The molecule has 0 atom stereocenters. The second-order valence-corrected chi connectivity index (χ2v) is 4.38. The van der Waals surface area contributed by atoms with Gasteiger partial charge in [0.1, 0.15) is 0 Å². The molecule has 0 saturated carbocycles. The van der Waals surface area contributed by atoms with Gasteiger partial charge in [0, 0.05) is 18.9 Å². The lowest BCUT2D eigenvalue weighted by molar-refractivity contribution is -0.137. The van der Waals surface area contributed by atoms with Gasteiger partial charge in [-0.05, 0) is 17.7 Å². The molecule has 2 rings (SSSR count). The highest BCUT2D eigenvalue weighted by atomic mass is 19.4. The van der Waals surface area contributed by atoms with Crippen molar-refractivity contribution in [2.45, 2.75) is 12.7 Å². The monoisotopic (exact) mass is 310 g/mol. The summed E-state index contributed by atoms with van der Waals surface area (Å²) < 4.78 is 39.2. The molecule has 0 spiro atoms. The highest BCUT2D eigenvalue weighted by Gasteiger charge is 2.29. The maximum atomic E-state index is 12.5. The van der Waals surface area contributed by atoms with Crippen molar-refractivity contribution in [1.82, 2.24) is 9.55 Å². The van der Waals surface area contributed by atoms with Gasteiger partial charge < -0.3 is 16.0 Å². The number of alkyl halides is 3. The third kappa shape index (κ3) is 4.08. The molecule has 0 fully saturated rings. The largest absolute Gasteiger partial charge is 0.416 e. The van der Waals surface area contributed by atoms with Crippen LogP contribution in [-0.4, -0.2) is 21.7 Å². The Kier molecular flexibility index (Phi) is 4.44. The number of rotatable bonds is 4. The third-order valence-electron chi connectivity index (χ3n) is 2.73. The Morgan fingerprint density at radius 1 is 1.23 bits per heavy atom. The molecule has 1 heterocycles. The van der Waals surface area contributed by atoms with Crippen molar-refractivity contribution >= 4 is 12.2 Å². The molecular formula is C13H13F3N6. The molecular weight excluding hydrogens is 297 g/mol. The average molecular weight is 310 g/mol. The van der Waals surface area contributed by atoms with Gasteiger partial charge in [0.05, 0.1) is 11.8 Å². The van der Waals surface area contributed by atoms with Crippen LogP contribution in [0.4, 0.5) is 13.2 Å². The summed E-state index contributed by atoms with van der Waals surface area (Å²) in [6.07, 6.45) is 0.227. The van der Waals surface area contributed by atoms with Crippen LogP contribution < -0.4 is 11.5 Å². The van der Waals surface area contributed by atoms with Crippen LogP contribution in [0.1, 0.15) is 17.0 Å². The SMILES string of the molecule is NC(N)=NN=Cc1nccn1Cc1ccc(C(F)(F)F)cc1. The molecule has 0 aliphatic rings. The molecule has 0 amide bonds. The van der Waals surface area contributed by atoms with Crippen molar-refractivity contribution in [3.63, 3.8) is 0 Å². The van der Waals surface area contributed by atoms with Crippen molar-refractivity contribution in [2.24, 2.45) is 21.7 Å². The molecule has 0 bridgehead atoms. The first-order valence-electron chi connectivity index (χ1n) is 6.15. The zero-order valence-electron chi connectivity index (χ0n) is 11.3. The average Bonchev–Trinajstić information content (AvgIpc) is 2.85. The molecule has 116 valence electrons. The van der Waals surface area contributed by atoms with E-state index in [1.54, 1.807) is 17.0 Å². The number of nitrogens with zero attached hydrogens (tertiary/aromatic N) is 4. The lowest BCUT2D eigenvalue weighted by Crippen LogP contribution is -2.21. The Labute approximate surface area is 124 Å². The molecule has 22 heavy (non-hydrogen) atoms. The zero-order chi connectivity index (χ0) is 16.2. The fraction of sp³-hybridized carbons (Fsp3) is 0.154. The standard InChI is InChI=1S/C13H13F3N6/c14-13(15,16)10-3-1-9(2-4-10)8-22-6-5-19-11(22)7-20-21-12(17)18/h1-7H,8H2,(H4,17,18,21). The van der Waals surface area contributed by atoms with Gasteiger partial charge in [-0.25, -0.2) is 4.98 Å². The number of halogens is 3. The number of imidazole rings is 1. The van der Waals surface area contributed by atoms with Gasteiger partial charge in [-0.2, -0.15) is 18.3 Å². The number of hydrogen-bond donors (Lipinski definition) is 2. The van der Waals surface area contributed by atoms with E-state index in [1.165, 1.54) is 18.3 Å². The molecule has 2 aromatic rings. The Hall–Kier alpha value is -2.84. The van der Waals surface area contributed by atoms with Gasteiger partial charge in [-0.1, -0.05) is 12.1 Å². The molecule has 1 aromatic carbocycles. The van der Waals surface area contributed by atoms with Crippen LogP contribution in [0, 0.1) is 0 Å². The van der Waals surface area contributed by atoms with E-state index in [4.69, 9.17) is 11.5 Å². The van der Waals surface area contributed by atoms with Crippen LogP contribution >= 0.6 is 0 Å². The molecule has 0 aliphatic carbocycles. The van der Waals surface area contributed by atoms with Crippen molar-refractivity contribution < 1.29 is 13.2 Å². The van der Waals surface area contributed by atoms with E-state index in [0.717, 1.165) is 12.1 Å². The molecule has 6 nitrogen and oxygen atoms in total. The van der Waals surface area contributed by atoms with Gasteiger partial charge >= 0.3 is 6.18 Å². The quantitative estimate of drug-likeness (QED) is 0.509. The van der Waals surface area contributed by atoms with E-state index < -0.39 is 11.7 Å². The summed E-state index contributed by atoms with van der Waals surface area (Å²) in [6, 6.07) is 4.92. The normalized spacial score (nSPS) is 11.8. The first kappa shape index (κ1) is 15.5. The third-order valence-corrected chi connectivity index (χ3v) is 2.73. The van der Waals surface area contributed by atoms with Gasteiger partial charge in [0.15, 0.2) is 5.82 Å². The summed E-state index contributed by atoms with van der Waals surface area (Å²) >= 11 is 0. The van der Waals surface area contributed by atoms with Crippen molar-refractivity contribution in [2.75, 3.05) is 0 Å². The fourth-order valence-electron chi connectivity index (χ4n) is 1.72. The van der Waals surface area contributed by atoms with E-state index >= 15 is 0 Å². The minimum absolute atomic E-state index is 0.183. The first-order chi connectivity index (χ1) is 10.4. The number of benzene rings is 1. The van der Waals surface area contributed by atoms with Crippen LogP contribution in [0.5, 0.6) is 0 Å². The first-order valence-corrected chi connectivity index (χ1v) is 6.15. The second kappa shape index (κ2) is 6.29. The number of guanidine groups is 1. The Morgan fingerprint density at radius 2 is 1.91 bits per heavy atom. The second-order valence-electron chi connectivity index (χ2n) is 4.38. The van der Waals surface area contributed by atoms with Crippen molar-refractivity contribution in [3.8, 4) is 0 Å². The predicted octanol–water partition coefficient (Wildman–Crippen LogP) is 1.56. The van der Waals surface area contributed by atoms with E-state index in [-0.39, 0.29) is 5.96 Å². The fourth-order valence-corrected chi connectivity index (χ4v) is 1.72. The number of aromatic nitrogens is 2. The summed E-state index contributed by atoms with van der Waals surface area (Å²) in [5, 5.41) is 7.09. The topological polar surface area (TPSA) is 94.6 Å². The number of nitrogens with two attached hydrogens (primary N) is 2. The molecule has 0 unspecified atom stereocenters. The molecule has 1 aromatic heterocycles. The smallest absolute Gasteiger partial charge is 0.369 e. The van der Waals surface area contributed by atoms with E-state index in [9.17, 15) is 13.2 Å². The molecule has 4 N–H and O–H groups in total. The summed E-state index contributed by atoms with van der Waals surface area (Å²) in [4.78, 5) is 4.05.